The van der Waals surface area contributed by atoms with Crippen LogP contribution in [-0.4, -0.2) is 69.1 Å². The first-order chi connectivity index (χ1) is 11.0. The van der Waals surface area contributed by atoms with E-state index in [2.05, 4.69) is 46.2 Å². The first-order valence-electron chi connectivity index (χ1n) is 8.54. The van der Waals surface area contributed by atoms with Gasteiger partial charge in [0.25, 0.3) is 0 Å². The van der Waals surface area contributed by atoms with E-state index in [0.29, 0.717) is 0 Å². The average molecular weight is 318 g/mol. The molecule has 128 valence electrons. The minimum Gasteiger partial charge on any atom is -0.369 e. The van der Waals surface area contributed by atoms with E-state index < -0.39 is 0 Å². The third kappa shape index (κ3) is 6.20. The van der Waals surface area contributed by atoms with Crippen molar-refractivity contribution in [3.8, 4) is 0 Å². The van der Waals surface area contributed by atoms with Crippen molar-refractivity contribution in [3.63, 3.8) is 0 Å². The van der Waals surface area contributed by atoms with E-state index >= 15 is 0 Å². The first kappa shape index (κ1) is 17.8. The normalized spacial score (nSPS) is 15.9. The molecule has 0 spiro atoms. The minimum absolute atomic E-state index is 0.0234. The number of unbranched alkanes of at least 4 members (excludes halogenated alkanes) is 1. The van der Waals surface area contributed by atoms with Gasteiger partial charge >= 0.3 is 0 Å². The van der Waals surface area contributed by atoms with Crippen LogP contribution in [0, 0.1) is 0 Å². The number of piperazine rings is 1. The Labute approximate surface area is 140 Å². The van der Waals surface area contributed by atoms with Crippen molar-refractivity contribution in [2.45, 2.75) is 19.8 Å². The molecule has 23 heavy (non-hydrogen) atoms. The van der Waals surface area contributed by atoms with Gasteiger partial charge in [0.15, 0.2) is 0 Å². The molecule has 5 heteroatoms. The number of amides is 1. The lowest BCUT2D eigenvalue weighted by atomic mass is 10.2. The maximum Gasteiger partial charge on any atom is 0.221 e. The number of carbonyl (C=O) groups is 1. The van der Waals surface area contributed by atoms with Crippen LogP contribution in [0.3, 0.4) is 0 Å². The molecule has 1 saturated heterocycles. The lowest BCUT2D eigenvalue weighted by Crippen LogP contribution is -2.46. The lowest BCUT2D eigenvalue weighted by molar-refractivity contribution is -0.114. The van der Waals surface area contributed by atoms with E-state index in [1.165, 1.54) is 31.6 Å². The van der Waals surface area contributed by atoms with Crippen molar-refractivity contribution in [1.82, 2.24) is 9.80 Å². The summed E-state index contributed by atoms with van der Waals surface area (Å²) in [4.78, 5) is 18.4. The standard InChI is InChI=1S/C18H30N4O/c1-16(23)19-17-7-6-8-18(15-17)22-13-11-21(12-14-22)10-5-4-9-20(2)3/h6-8,15H,4-5,9-14H2,1-3H3,(H,19,23). The van der Waals surface area contributed by atoms with E-state index in [-0.39, 0.29) is 5.91 Å². The molecule has 5 nitrogen and oxygen atoms in total. The molecule has 0 atom stereocenters. The van der Waals surface area contributed by atoms with Crippen molar-refractivity contribution in [1.29, 1.82) is 0 Å². The predicted octanol–water partition coefficient (Wildman–Crippen LogP) is 2.11. The smallest absolute Gasteiger partial charge is 0.221 e. The van der Waals surface area contributed by atoms with Crippen LogP contribution < -0.4 is 10.2 Å². The predicted molar refractivity (Wildman–Crippen MR) is 97.2 cm³/mol. The van der Waals surface area contributed by atoms with Crippen LogP contribution in [0.15, 0.2) is 24.3 Å². The van der Waals surface area contributed by atoms with Gasteiger partial charge in [-0.1, -0.05) is 6.07 Å². The Hall–Kier alpha value is -1.59. The molecule has 0 aliphatic carbocycles. The van der Waals surface area contributed by atoms with Gasteiger partial charge in [-0.05, 0) is 58.2 Å². The highest BCUT2D eigenvalue weighted by molar-refractivity contribution is 5.89. The second kappa shape index (κ2) is 8.89. The molecule has 1 aliphatic heterocycles. The highest BCUT2D eigenvalue weighted by Gasteiger charge is 2.17. The second-order valence-corrected chi connectivity index (χ2v) is 6.57. The Morgan fingerprint density at radius 2 is 1.91 bits per heavy atom. The van der Waals surface area contributed by atoms with Gasteiger partial charge in [0.2, 0.25) is 5.91 Å². The molecule has 1 N–H and O–H groups in total. The highest BCUT2D eigenvalue weighted by Crippen LogP contribution is 2.21. The van der Waals surface area contributed by atoms with Crippen LogP contribution in [0.25, 0.3) is 0 Å². The minimum atomic E-state index is -0.0234. The van der Waals surface area contributed by atoms with Gasteiger partial charge in [-0.3, -0.25) is 9.69 Å². The summed E-state index contributed by atoms with van der Waals surface area (Å²) < 4.78 is 0. The number of nitrogens with zero attached hydrogens (tertiary/aromatic N) is 3. The number of nitrogens with one attached hydrogen (secondary N) is 1. The van der Waals surface area contributed by atoms with Gasteiger partial charge in [0.1, 0.15) is 0 Å². The summed E-state index contributed by atoms with van der Waals surface area (Å²) in [7, 11) is 4.27. The summed E-state index contributed by atoms with van der Waals surface area (Å²) in [5.41, 5.74) is 2.07. The largest absolute Gasteiger partial charge is 0.369 e. The van der Waals surface area contributed by atoms with E-state index in [9.17, 15) is 4.79 Å². The topological polar surface area (TPSA) is 38.8 Å². The summed E-state index contributed by atoms with van der Waals surface area (Å²) >= 11 is 0. The van der Waals surface area contributed by atoms with Crippen LogP contribution in [0.4, 0.5) is 11.4 Å². The quantitative estimate of drug-likeness (QED) is 0.782. The fourth-order valence-corrected chi connectivity index (χ4v) is 2.98. The molecule has 0 aromatic heterocycles. The third-order valence-corrected chi connectivity index (χ3v) is 4.23. The fourth-order valence-electron chi connectivity index (χ4n) is 2.98. The molecular formula is C18H30N4O. The number of hydrogen-bond donors (Lipinski definition) is 1. The van der Waals surface area contributed by atoms with Crippen LogP contribution >= 0.6 is 0 Å². The highest BCUT2D eigenvalue weighted by atomic mass is 16.1. The summed E-state index contributed by atoms with van der Waals surface area (Å²) in [6, 6.07) is 8.13. The van der Waals surface area contributed by atoms with Crippen molar-refractivity contribution in [3.05, 3.63) is 24.3 Å². The van der Waals surface area contributed by atoms with Crippen LogP contribution in [0.1, 0.15) is 19.8 Å². The van der Waals surface area contributed by atoms with Crippen LogP contribution in [-0.2, 0) is 4.79 Å². The third-order valence-electron chi connectivity index (χ3n) is 4.23. The summed E-state index contributed by atoms with van der Waals surface area (Å²) in [6.07, 6.45) is 2.54. The molecule has 1 amide bonds. The molecule has 0 saturated carbocycles. The molecular weight excluding hydrogens is 288 g/mol. The number of anilines is 2. The Morgan fingerprint density at radius 3 is 2.57 bits per heavy atom. The molecule has 1 aromatic rings. The summed E-state index contributed by atoms with van der Waals surface area (Å²) in [6.45, 7) is 8.26. The van der Waals surface area contributed by atoms with E-state index in [0.717, 1.165) is 31.9 Å². The zero-order valence-corrected chi connectivity index (χ0v) is 14.7. The molecule has 2 rings (SSSR count). The van der Waals surface area contributed by atoms with E-state index in [4.69, 9.17) is 0 Å². The summed E-state index contributed by atoms with van der Waals surface area (Å²) in [5, 5.41) is 2.86. The molecule has 0 unspecified atom stereocenters. The summed E-state index contributed by atoms with van der Waals surface area (Å²) in [5.74, 6) is -0.0234. The molecule has 0 bridgehead atoms. The zero-order valence-electron chi connectivity index (χ0n) is 14.7. The molecule has 1 heterocycles. The van der Waals surface area contributed by atoms with Crippen molar-refractivity contribution in [2.24, 2.45) is 0 Å². The molecule has 1 aromatic carbocycles. The maximum atomic E-state index is 11.2. The van der Waals surface area contributed by atoms with E-state index in [1.54, 1.807) is 6.92 Å². The maximum absolute atomic E-state index is 11.2. The Bertz CT molecular complexity index is 496. The van der Waals surface area contributed by atoms with Gasteiger partial charge in [-0.2, -0.15) is 0 Å². The molecule has 0 radical (unpaired) electrons. The van der Waals surface area contributed by atoms with Gasteiger partial charge in [0, 0.05) is 44.5 Å². The van der Waals surface area contributed by atoms with Gasteiger partial charge in [-0.25, -0.2) is 0 Å². The van der Waals surface area contributed by atoms with Crippen molar-refractivity contribution >= 4 is 17.3 Å². The number of benzene rings is 1. The Kier molecular flexibility index (Phi) is 6.86. The van der Waals surface area contributed by atoms with Crippen molar-refractivity contribution < 1.29 is 4.79 Å². The van der Waals surface area contributed by atoms with Gasteiger partial charge < -0.3 is 15.1 Å². The number of hydrogen-bond acceptors (Lipinski definition) is 4. The average Bonchev–Trinajstić information content (AvgIpc) is 2.52. The lowest BCUT2D eigenvalue weighted by Gasteiger charge is -2.36. The monoisotopic (exact) mass is 318 g/mol. The Morgan fingerprint density at radius 1 is 1.17 bits per heavy atom. The van der Waals surface area contributed by atoms with Gasteiger partial charge in [0.05, 0.1) is 0 Å². The van der Waals surface area contributed by atoms with Crippen LogP contribution in [0.5, 0.6) is 0 Å². The van der Waals surface area contributed by atoms with E-state index in [1.807, 2.05) is 12.1 Å². The number of rotatable bonds is 7. The Balaban J connectivity index is 1.76. The van der Waals surface area contributed by atoms with Crippen LogP contribution in [0.2, 0.25) is 0 Å². The van der Waals surface area contributed by atoms with Gasteiger partial charge in [-0.15, -0.1) is 0 Å². The second-order valence-electron chi connectivity index (χ2n) is 6.57. The molecule has 1 fully saturated rings. The van der Waals surface area contributed by atoms with Crippen molar-refractivity contribution in [2.75, 3.05) is 63.6 Å². The molecule has 1 aliphatic rings. The first-order valence-corrected chi connectivity index (χ1v) is 8.54. The fraction of sp³-hybridized carbons (Fsp3) is 0.611. The number of carbonyl (C=O) groups excluding carboxylic acids is 1. The SMILES string of the molecule is CC(=O)Nc1cccc(N2CCN(CCCCN(C)C)CC2)c1. The zero-order chi connectivity index (χ0) is 16.7.